The Morgan fingerprint density at radius 3 is 1.64 bits per heavy atom. The summed E-state index contributed by atoms with van der Waals surface area (Å²) in [5, 5.41) is 56.8. The van der Waals surface area contributed by atoms with E-state index in [1.54, 1.807) is 6.08 Å². The summed E-state index contributed by atoms with van der Waals surface area (Å²) < 4.78 is 17.5. The number of allylic oxidation sites excluding steroid dienone is 13. The van der Waals surface area contributed by atoms with Crippen molar-refractivity contribution in [3.63, 3.8) is 0 Å². The van der Waals surface area contributed by atoms with Crippen LogP contribution in [0.5, 0.6) is 0 Å². The first-order valence-electron chi connectivity index (χ1n) is 28.9. The quantitative estimate of drug-likeness (QED) is 0.0149. The molecule has 414 valence electrons. The molecule has 0 aliphatic carbocycles. The average Bonchev–Trinajstić information content (AvgIpc) is 3.38. The van der Waals surface area contributed by atoms with Gasteiger partial charge in [-0.25, -0.2) is 0 Å². The third-order valence-electron chi connectivity index (χ3n) is 13.1. The van der Waals surface area contributed by atoms with Crippen LogP contribution in [0.25, 0.3) is 0 Å². The highest BCUT2D eigenvalue weighted by Gasteiger charge is 2.47. The number of rotatable bonds is 47. The van der Waals surface area contributed by atoms with E-state index in [-0.39, 0.29) is 19.4 Å². The van der Waals surface area contributed by atoms with Gasteiger partial charge in [-0.15, -0.1) is 0 Å². The number of unbranched alkanes of at least 4 members (excludes halogenated alkanes) is 23. The average molecular weight is 1010 g/mol. The lowest BCUT2D eigenvalue weighted by molar-refractivity contribution is -0.305. The molecule has 8 atom stereocenters. The van der Waals surface area contributed by atoms with Crippen molar-refractivity contribution in [3.8, 4) is 0 Å². The molecule has 0 aromatic carbocycles. The summed E-state index contributed by atoms with van der Waals surface area (Å²) in [7, 11) is 0. The molecule has 0 radical (unpaired) electrons. The minimum absolute atomic E-state index is 0.103. The normalized spacial score (nSPS) is 20.1. The second-order valence-corrected chi connectivity index (χ2v) is 19.7. The van der Waals surface area contributed by atoms with Crippen LogP contribution in [0.15, 0.2) is 85.1 Å². The van der Waals surface area contributed by atoms with Crippen LogP contribution in [-0.2, 0) is 23.8 Å². The van der Waals surface area contributed by atoms with E-state index in [4.69, 9.17) is 14.2 Å². The third-order valence-corrected chi connectivity index (χ3v) is 13.1. The standard InChI is InChI=1S/C61H105NO10/c1-4-7-10-13-16-19-22-25-27-29-30-33-36-39-42-45-48-54(65)60(69)62-52(53(64)47-44-41-38-35-32-24-21-18-15-12-9-6-3)51-70-61-59(58(68)57(67)55(50-63)71-61)72-56(66)49-46-43-40-37-34-31-28-26-23-20-17-14-11-8-5-2/h8,11,14,16-17,19-20,23,25,27,30,33,44,47,52-55,57-59,61,63-65,67-68H,4-7,9-10,12-13,15,18,21-22,24,26,28-29,31-32,34-43,45-46,48-51H2,1-3H3,(H,62,69)/b11-8+,17-14+,19-16-,23-20+,27-25-,33-30-,47-44+. The number of nitrogens with one attached hydrogen (secondary N) is 1. The van der Waals surface area contributed by atoms with Crippen LogP contribution in [-0.4, -0.2) is 99.6 Å². The van der Waals surface area contributed by atoms with Crippen molar-refractivity contribution in [2.24, 2.45) is 0 Å². The summed E-state index contributed by atoms with van der Waals surface area (Å²) in [5.74, 6) is -1.24. The first-order chi connectivity index (χ1) is 35.2. The lowest BCUT2D eigenvalue weighted by Crippen LogP contribution is -2.61. The number of amides is 1. The highest BCUT2D eigenvalue weighted by molar-refractivity contribution is 5.80. The zero-order valence-electron chi connectivity index (χ0n) is 45.5. The number of esters is 1. The van der Waals surface area contributed by atoms with Gasteiger partial charge in [0, 0.05) is 6.42 Å². The number of hydrogen-bond acceptors (Lipinski definition) is 10. The van der Waals surface area contributed by atoms with Gasteiger partial charge in [-0.05, 0) is 83.5 Å². The van der Waals surface area contributed by atoms with Crippen molar-refractivity contribution in [1.29, 1.82) is 0 Å². The molecule has 1 heterocycles. The zero-order valence-corrected chi connectivity index (χ0v) is 45.5. The molecular weight excluding hydrogens is 907 g/mol. The maximum atomic E-state index is 13.4. The van der Waals surface area contributed by atoms with Gasteiger partial charge in [-0.3, -0.25) is 9.59 Å². The summed E-state index contributed by atoms with van der Waals surface area (Å²) in [6.07, 6.45) is 51.9. The molecule has 6 N–H and O–H groups in total. The Bertz CT molecular complexity index is 1490. The molecule has 1 aliphatic heterocycles. The number of ether oxygens (including phenoxy) is 3. The van der Waals surface area contributed by atoms with Crippen LogP contribution in [0.2, 0.25) is 0 Å². The fourth-order valence-electron chi connectivity index (χ4n) is 8.48. The number of aliphatic hydroxyl groups excluding tert-OH is 5. The molecule has 0 spiro atoms. The molecule has 1 aliphatic rings. The van der Waals surface area contributed by atoms with Crippen molar-refractivity contribution in [1.82, 2.24) is 5.32 Å². The molecule has 0 aromatic heterocycles. The first kappa shape index (κ1) is 66.9. The van der Waals surface area contributed by atoms with E-state index in [2.05, 4.69) is 92.9 Å². The Morgan fingerprint density at radius 2 is 1.06 bits per heavy atom. The van der Waals surface area contributed by atoms with Gasteiger partial charge in [0.1, 0.15) is 24.4 Å². The molecule has 8 unspecified atom stereocenters. The van der Waals surface area contributed by atoms with Crippen molar-refractivity contribution in [3.05, 3.63) is 85.1 Å². The van der Waals surface area contributed by atoms with Crippen LogP contribution in [0.4, 0.5) is 0 Å². The molecular formula is C61H105NO10. The number of carbonyl (C=O) groups excluding carboxylic acids is 2. The van der Waals surface area contributed by atoms with Gasteiger partial charge in [0.05, 0.1) is 25.4 Å². The van der Waals surface area contributed by atoms with Gasteiger partial charge in [0.15, 0.2) is 12.4 Å². The second-order valence-electron chi connectivity index (χ2n) is 19.7. The zero-order chi connectivity index (χ0) is 52.5. The minimum atomic E-state index is -1.63. The fourth-order valence-corrected chi connectivity index (χ4v) is 8.48. The summed E-state index contributed by atoms with van der Waals surface area (Å²) in [6.45, 7) is 5.59. The van der Waals surface area contributed by atoms with Crippen LogP contribution in [0.1, 0.15) is 226 Å². The maximum Gasteiger partial charge on any atom is 0.306 e. The highest BCUT2D eigenvalue weighted by Crippen LogP contribution is 2.26. The molecule has 1 saturated heterocycles. The van der Waals surface area contributed by atoms with Crippen molar-refractivity contribution in [2.75, 3.05) is 13.2 Å². The molecule has 0 aromatic rings. The SMILES string of the molecule is CC/C=C/C=C/C=C/CCCCCCCCCC(=O)OC1C(OCC(NC(=O)C(O)CCCCC/C=C\C/C=C\C/C=C\CCCCC)C(O)/C=C/CCCCCCCCCCCC)OC(CO)C(O)C1O. The van der Waals surface area contributed by atoms with E-state index in [1.807, 2.05) is 12.2 Å². The van der Waals surface area contributed by atoms with Crippen LogP contribution < -0.4 is 5.32 Å². The Kier molecular flexibility index (Phi) is 45.3. The van der Waals surface area contributed by atoms with Crippen LogP contribution in [0, 0.1) is 0 Å². The van der Waals surface area contributed by atoms with E-state index in [0.717, 1.165) is 116 Å². The van der Waals surface area contributed by atoms with Crippen molar-refractivity contribution >= 4 is 11.9 Å². The van der Waals surface area contributed by atoms with E-state index >= 15 is 0 Å². The Labute approximate surface area is 438 Å². The summed E-state index contributed by atoms with van der Waals surface area (Å²) in [5.41, 5.74) is 0. The molecule has 0 bridgehead atoms. The Morgan fingerprint density at radius 1 is 0.569 bits per heavy atom. The molecule has 11 nitrogen and oxygen atoms in total. The predicted octanol–water partition coefficient (Wildman–Crippen LogP) is 13.0. The van der Waals surface area contributed by atoms with Gasteiger partial charge in [0.2, 0.25) is 5.91 Å². The lowest BCUT2D eigenvalue weighted by Gasteiger charge is -2.41. The second kappa shape index (κ2) is 48.8. The number of carbonyl (C=O) groups is 2. The topological polar surface area (TPSA) is 175 Å². The van der Waals surface area contributed by atoms with Gasteiger partial charge in [-0.1, -0.05) is 221 Å². The summed E-state index contributed by atoms with van der Waals surface area (Å²) >= 11 is 0. The predicted molar refractivity (Wildman–Crippen MR) is 296 cm³/mol. The minimum Gasteiger partial charge on any atom is -0.454 e. The third kappa shape index (κ3) is 36.7. The smallest absolute Gasteiger partial charge is 0.306 e. The summed E-state index contributed by atoms with van der Waals surface area (Å²) in [4.78, 5) is 26.5. The largest absolute Gasteiger partial charge is 0.454 e. The fraction of sp³-hybridized carbons (Fsp3) is 0.738. The molecule has 0 saturated carbocycles. The van der Waals surface area contributed by atoms with E-state index in [0.29, 0.717) is 12.8 Å². The molecule has 1 rings (SSSR count). The molecule has 11 heteroatoms. The molecule has 1 amide bonds. The van der Waals surface area contributed by atoms with Crippen LogP contribution >= 0.6 is 0 Å². The molecule has 1 fully saturated rings. The maximum absolute atomic E-state index is 13.4. The number of aliphatic hydroxyl groups is 5. The lowest BCUT2D eigenvalue weighted by atomic mass is 9.99. The summed E-state index contributed by atoms with van der Waals surface area (Å²) in [6, 6.07) is -1.04. The van der Waals surface area contributed by atoms with E-state index < -0.39 is 67.4 Å². The monoisotopic (exact) mass is 1010 g/mol. The highest BCUT2D eigenvalue weighted by atomic mass is 16.7. The van der Waals surface area contributed by atoms with Crippen molar-refractivity contribution in [2.45, 2.75) is 275 Å². The van der Waals surface area contributed by atoms with Gasteiger partial charge in [0.25, 0.3) is 0 Å². The first-order valence-corrected chi connectivity index (χ1v) is 28.9. The molecule has 72 heavy (non-hydrogen) atoms. The van der Waals surface area contributed by atoms with Crippen LogP contribution in [0.3, 0.4) is 0 Å². The van der Waals surface area contributed by atoms with E-state index in [1.165, 1.54) is 64.2 Å². The number of hydrogen-bond donors (Lipinski definition) is 6. The van der Waals surface area contributed by atoms with Gasteiger partial charge < -0.3 is 45.1 Å². The van der Waals surface area contributed by atoms with Gasteiger partial charge >= 0.3 is 5.97 Å². The van der Waals surface area contributed by atoms with Crippen molar-refractivity contribution < 1.29 is 49.3 Å². The van der Waals surface area contributed by atoms with Gasteiger partial charge in [-0.2, -0.15) is 0 Å². The Hall–Kier alpha value is -3.16. The Balaban J connectivity index is 2.76. The van der Waals surface area contributed by atoms with E-state index in [9.17, 15) is 35.1 Å².